The third-order valence-corrected chi connectivity index (χ3v) is 2.62. The summed E-state index contributed by atoms with van der Waals surface area (Å²) >= 11 is 0. The fourth-order valence-corrected chi connectivity index (χ4v) is 2.03. The molecule has 3 nitrogen and oxygen atoms in total. The summed E-state index contributed by atoms with van der Waals surface area (Å²) in [7, 11) is 0. The van der Waals surface area contributed by atoms with E-state index in [0.29, 0.717) is 13.2 Å². The zero-order valence-electron chi connectivity index (χ0n) is 9.23. The fourth-order valence-electron chi connectivity index (χ4n) is 2.03. The van der Waals surface area contributed by atoms with Gasteiger partial charge in [0.15, 0.2) is 0 Å². The van der Waals surface area contributed by atoms with Crippen LogP contribution in [-0.2, 0) is 0 Å². The Morgan fingerprint density at radius 1 is 1.53 bits per heavy atom. The SMILES string of the molecule is Cc1cccc2c1N(CC(C)O)CCO2. The quantitative estimate of drug-likeness (QED) is 0.799. The number of aliphatic hydroxyl groups is 1. The summed E-state index contributed by atoms with van der Waals surface area (Å²) in [5.74, 6) is 0.932. The number of anilines is 1. The molecule has 1 aromatic carbocycles. The molecule has 1 unspecified atom stereocenters. The molecule has 1 atom stereocenters. The number of benzene rings is 1. The van der Waals surface area contributed by atoms with Crippen molar-refractivity contribution in [2.24, 2.45) is 0 Å². The minimum absolute atomic E-state index is 0.310. The second kappa shape index (κ2) is 4.11. The summed E-state index contributed by atoms with van der Waals surface area (Å²) in [6.45, 7) is 6.10. The molecular formula is C12H17NO2. The van der Waals surface area contributed by atoms with Gasteiger partial charge in [0.25, 0.3) is 0 Å². The van der Waals surface area contributed by atoms with Crippen LogP contribution >= 0.6 is 0 Å². The van der Waals surface area contributed by atoms with Crippen molar-refractivity contribution in [3.05, 3.63) is 23.8 Å². The maximum absolute atomic E-state index is 9.44. The van der Waals surface area contributed by atoms with Gasteiger partial charge in [-0.15, -0.1) is 0 Å². The van der Waals surface area contributed by atoms with Crippen LogP contribution in [0.1, 0.15) is 12.5 Å². The van der Waals surface area contributed by atoms with E-state index in [1.807, 2.05) is 19.1 Å². The van der Waals surface area contributed by atoms with Gasteiger partial charge in [0.2, 0.25) is 0 Å². The number of hydrogen-bond acceptors (Lipinski definition) is 3. The molecule has 0 fully saturated rings. The van der Waals surface area contributed by atoms with E-state index >= 15 is 0 Å². The number of β-amino-alcohol motifs (C(OH)–C–C–N with tert-alkyl or cyclic N) is 1. The molecule has 0 aromatic heterocycles. The van der Waals surface area contributed by atoms with Gasteiger partial charge in [-0.25, -0.2) is 0 Å². The first-order chi connectivity index (χ1) is 7.18. The van der Waals surface area contributed by atoms with Gasteiger partial charge in [0.1, 0.15) is 12.4 Å². The van der Waals surface area contributed by atoms with Crippen LogP contribution in [0.3, 0.4) is 0 Å². The van der Waals surface area contributed by atoms with Crippen molar-refractivity contribution in [2.45, 2.75) is 20.0 Å². The number of rotatable bonds is 2. The minimum Gasteiger partial charge on any atom is -0.490 e. The maximum atomic E-state index is 9.44. The number of para-hydroxylation sites is 1. The van der Waals surface area contributed by atoms with Gasteiger partial charge in [-0.05, 0) is 25.5 Å². The second-order valence-electron chi connectivity index (χ2n) is 4.07. The van der Waals surface area contributed by atoms with Gasteiger partial charge in [-0.2, -0.15) is 0 Å². The summed E-state index contributed by atoms with van der Waals surface area (Å²) < 4.78 is 5.59. The first kappa shape index (κ1) is 10.3. The molecule has 0 bridgehead atoms. The van der Waals surface area contributed by atoms with Crippen LogP contribution < -0.4 is 9.64 Å². The molecule has 2 rings (SSSR count). The van der Waals surface area contributed by atoms with Crippen LogP contribution in [-0.4, -0.2) is 30.9 Å². The van der Waals surface area contributed by atoms with Gasteiger partial charge in [-0.3, -0.25) is 0 Å². The highest BCUT2D eigenvalue weighted by molar-refractivity contribution is 5.64. The van der Waals surface area contributed by atoms with E-state index in [0.717, 1.165) is 18.0 Å². The van der Waals surface area contributed by atoms with Crippen molar-refractivity contribution >= 4 is 5.69 Å². The van der Waals surface area contributed by atoms with Gasteiger partial charge in [0, 0.05) is 6.54 Å². The van der Waals surface area contributed by atoms with E-state index in [2.05, 4.69) is 17.9 Å². The summed E-state index contributed by atoms with van der Waals surface area (Å²) in [5.41, 5.74) is 2.33. The molecule has 1 aliphatic heterocycles. The van der Waals surface area contributed by atoms with Crippen molar-refractivity contribution in [3.8, 4) is 5.75 Å². The monoisotopic (exact) mass is 207 g/mol. The molecule has 3 heteroatoms. The fraction of sp³-hybridized carbons (Fsp3) is 0.500. The number of hydrogen-bond donors (Lipinski definition) is 1. The van der Waals surface area contributed by atoms with Crippen LogP contribution in [0, 0.1) is 6.92 Å². The second-order valence-corrected chi connectivity index (χ2v) is 4.07. The average molecular weight is 207 g/mol. The van der Waals surface area contributed by atoms with E-state index in [4.69, 9.17) is 4.74 Å². The van der Waals surface area contributed by atoms with E-state index in [1.54, 1.807) is 0 Å². The molecule has 0 saturated heterocycles. The molecule has 1 N–H and O–H groups in total. The lowest BCUT2D eigenvalue weighted by Gasteiger charge is -2.33. The highest BCUT2D eigenvalue weighted by atomic mass is 16.5. The Kier molecular flexibility index (Phi) is 2.82. The van der Waals surface area contributed by atoms with Crippen LogP contribution in [0.15, 0.2) is 18.2 Å². The third-order valence-electron chi connectivity index (χ3n) is 2.62. The molecule has 0 radical (unpaired) electrons. The lowest BCUT2D eigenvalue weighted by Crippen LogP contribution is -2.38. The summed E-state index contributed by atoms with van der Waals surface area (Å²) in [4.78, 5) is 2.19. The van der Waals surface area contributed by atoms with Crippen LogP contribution in [0.4, 0.5) is 5.69 Å². The zero-order chi connectivity index (χ0) is 10.8. The van der Waals surface area contributed by atoms with Crippen LogP contribution in [0.2, 0.25) is 0 Å². The topological polar surface area (TPSA) is 32.7 Å². The van der Waals surface area contributed by atoms with Crippen molar-refractivity contribution in [2.75, 3.05) is 24.6 Å². The average Bonchev–Trinajstić information content (AvgIpc) is 2.17. The number of aryl methyl sites for hydroxylation is 1. The number of aliphatic hydroxyl groups excluding tert-OH is 1. The largest absolute Gasteiger partial charge is 0.490 e. The van der Waals surface area contributed by atoms with Gasteiger partial charge >= 0.3 is 0 Å². The Labute approximate surface area is 90.3 Å². The van der Waals surface area contributed by atoms with Gasteiger partial charge in [0.05, 0.1) is 18.3 Å². The molecule has 0 aliphatic carbocycles. The number of fused-ring (bicyclic) bond motifs is 1. The summed E-state index contributed by atoms with van der Waals surface area (Å²) in [6, 6.07) is 6.05. The molecular weight excluding hydrogens is 190 g/mol. The minimum atomic E-state index is -0.310. The van der Waals surface area contributed by atoms with E-state index < -0.39 is 0 Å². The third kappa shape index (κ3) is 2.07. The standard InChI is InChI=1S/C12H17NO2/c1-9-4-3-5-11-12(9)13(6-7-15-11)8-10(2)14/h3-5,10,14H,6-8H2,1-2H3. The molecule has 82 valence electrons. The van der Waals surface area contributed by atoms with Crippen molar-refractivity contribution in [1.29, 1.82) is 0 Å². The van der Waals surface area contributed by atoms with Crippen molar-refractivity contribution in [3.63, 3.8) is 0 Å². The number of nitrogens with zero attached hydrogens (tertiary/aromatic N) is 1. The summed E-state index contributed by atoms with van der Waals surface area (Å²) in [5, 5.41) is 9.44. The predicted octanol–water partition coefficient (Wildman–Crippen LogP) is 1.57. The molecule has 15 heavy (non-hydrogen) atoms. The predicted molar refractivity (Wildman–Crippen MR) is 60.6 cm³/mol. The smallest absolute Gasteiger partial charge is 0.142 e. The van der Waals surface area contributed by atoms with Crippen molar-refractivity contribution < 1.29 is 9.84 Å². The van der Waals surface area contributed by atoms with Crippen LogP contribution in [0.25, 0.3) is 0 Å². The van der Waals surface area contributed by atoms with E-state index in [-0.39, 0.29) is 6.10 Å². The van der Waals surface area contributed by atoms with Crippen molar-refractivity contribution in [1.82, 2.24) is 0 Å². The normalized spacial score (nSPS) is 16.9. The summed E-state index contributed by atoms with van der Waals surface area (Å²) in [6.07, 6.45) is -0.310. The molecule has 0 amide bonds. The molecule has 0 saturated carbocycles. The molecule has 1 aromatic rings. The lowest BCUT2D eigenvalue weighted by molar-refractivity contribution is 0.194. The maximum Gasteiger partial charge on any atom is 0.142 e. The van der Waals surface area contributed by atoms with E-state index in [1.165, 1.54) is 5.56 Å². The first-order valence-electron chi connectivity index (χ1n) is 5.34. The Morgan fingerprint density at radius 3 is 3.07 bits per heavy atom. The zero-order valence-corrected chi connectivity index (χ0v) is 9.23. The first-order valence-corrected chi connectivity index (χ1v) is 5.34. The molecule has 1 aliphatic rings. The molecule has 0 spiro atoms. The highest BCUT2D eigenvalue weighted by Gasteiger charge is 2.20. The van der Waals surface area contributed by atoms with Gasteiger partial charge < -0.3 is 14.7 Å². The Balaban J connectivity index is 2.32. The number of ether oxygens (including phenoxy) is 1. The van der Waals surface area contributed by atoms with E-state index in [9.17, 15) is 5.11 Å². The van der Waals surface area contributed by atoms with Crippen LogP contribution in [0.5, 0.6) is 5.75 Å². The Morgan fingerprint density at radius 2 is 2.33 bits per heavy atom. The Hall–Kier alpha value is -1.22. The van der Waals surface area contributed by atoms with Gasteiger partial charge in [-0.1, -0.05) is 12.1 Å². The molecule has 1 heterocycles. The Bertz CT molecular complexity index is 349. The highest BCUT2D eigenvalue weighted by Crippen LogP contribution is 2.34. The lowest BCUT2D eigenvalue weighted by atomic mass is 10.1.